The van der Waals surface area contributed by atoms with E-state index >= 15 is 0 Å². The van der Waals surface area contributed by atoms with Gasteiger partial charge in [-0.15, -0.1) is 0 Å². The number of nitrogens with one attached hydrogen (secondary N) is 1. The Morgan fingerprint density at radius 2 is 1.77 bits per heavy atom. The first kappa shape index (κ1) is 23.6. The summed E-state index contributed by atoms with van der Waals surface area (Å²) in [5, 5.41) is 2.90. The summed E-state index contributed by atoms with van der Waals surface area (Å²) in [5.74, 6) is 1.31. The van der Waals surface area contributed by atoms with Crippen molar-refractivity contribution in [3.63, 3.8) is 0 Å². The Morgan fingerprint density at radius 1 is 1.10 bits per heavy atom. The summed E-state index contributed by atoms with van der Waals surface area (Å²) >= 11 is 7.99. The van der Waals surface area contributed by atoms with Crippen molar-refractivity contribution < 1.29 is 18.0 Å². The normalized spacial score (nSPS) is 14.5. The molecule has 1 fully saturated rings. The number of benzene rings is 2. The van der Waals surface area contributed by atoms with Gasteiger partial charge in [0.25, 0.3) is 11.8 Å². The molecule has 1 N–H and O–H groups in total. The lowest BCUT2D eigenvalue weighted by Gasteiger charge is -2.26. The number of rotatable bonds is 5. The molecule has 1 aliphatic heterocycles. The van der Waals surface area contributed by atoms with E-state index in [1.54, 1.807) is 25.1 Å². The maximum atomic E-state index is 12.8. The quantitative estimate of drug-likeness (QED) is 0.707. The van der Waals surface area contributed by atoms with Crippen molar-refractivity contribution in [2.75, 3.05) is 44.0 Å². The molecule has 0 spiro atoms. The molecule has 0 unspecified atom stereocenters. The van der Waals surface area contributed by atoms with Gasteiger partial charge in [0.05, 0.1) is 15.5 Å². The van der Waals surface area contributed by atoms with Gasteiger partial charge in [-0.25, -0.2) is 12.7 Å². The van der Waals surface area contributed by atoms with Gasteiger partial charge in [0.15, 0.2) is 0 Å². The number of halogens is 1. The van der Waals surface area contributed by atoms with Crippen molar-refractivity contribution in [2.24, 2.45) is 0 Å². The maximum Gasteiger partial charge on any atom is 0.257 e. The number of aryl methyl sites for hydroxylation is 1. The third kappa shape index (κ3) is 5.23. The zero-order valence-electron chi connectivity index (χ0n) is 17.5. The Labute approximate surface area is 191 Å². The summed E-state index contributed by atoms with van der Waals surface area (Å²) in [4.78, 5) is 27.3. The highest BCUT2D eigenvalue weighted by Crippen LogP contribution is 2.25. The maximum absolute atomic E-state index is 12.8. The van der Waals surface area contributed by atoms with E-state index in [-0.39, 0.29) is 21.4 Å². The first-order valence-corrected chi connectivity index (χ1v) is 12.6. The van der Waals surface area contributed by atoms with Crippen LogP contribution in [0, 0.1) is 6.92 Å². The van der Waals surface area contributed by atoms with Gasteiger partial charge in [-0.05, 0) is 48.9 Å². The second-order valence-electron chi connectivity index (χ2n) is 7.32. The van der Waals surface area contributed by atoms with E-state index in [0.29, 0.717) is 11.3 Å². The van der Waals surface area contributed by atoms with Crippen LogP contribution in [0.2, 0.25) is 5.02 Å². The zero-order valence-corrected chi connectivity index (χ0v) is 19.9. The van der Waals surface area contributed by atoms with E-state index in [9.17, 15) is 18.0 Å². The van der Waals surface area contributed by atoms with Crippen LogP contribution in [0.5, 0.6) is 0 Å². The molecule has 1 aliphatic rings. The summed E-state index contributed by atoms with van der Waals surface area (Å²) in [6, 6.07) is 9.11. The van der Waals surface area contributed by atoms with Gasteiger partial charge in [0.2, 0.25) is 10.0 Å². The topological polar surface area (TPSA) is 86.8 Å². The van der Waals surface area contributed by atoms with E-state index < -0.39 is 15.9 Å². The largest absolute Gasteiger partial charge is 0.337 e. The molecule has 31 heavy (non-hydrogen) atoms. The molecule has 3 rings (SSSR count). The monoisotopic (exact) mass is 481 g/mol. The lowest BCUT2D eigenvalue weighted by atomic mass is 10.1. The number of nitrogens with zero attached hydrogens (tertiary/aromatic N) is 2. The first-order valence-electron chi connectivity index (χ1n) is 9.62. The van der Waals surface area contributed by atoms with Gasteiger partial charge in [0.1, 0.15) is 0 Å². The standard InChI is InChI=1S/C21H24ClN3O4S2/c1-14-12-15(21(27)25-8-10-30-11-9-25)4-7-19(14)23-20(26)17-13-16(5-6-18(17)22)31(28,29)24(2)3/h4-7,12-13H,8-11H2,1-3H3,(H,23,26). The number of hydrogen-bond acceptors (Lipinski definition) is 5. The lowest BCUT2D eigenvalue weighted by Crippen LogP contribution is -2.37. The fraction of sp³-hybridized carbons (Fsp3) is 0.333. The van der Waals surface area contributed by atoms with Crippen LogP contribution in [0.1, 0.15) is 26.3 Å². The first-order chi connectivity index (χ1) is 14.6. The Kier molecular flexibility index (Phi) is 7.31. The van der Waals surface area contributed by atoms with E-state index in [2.05, 4.69) is 5.32 Å². The lowest BCUT2D eigenvalue weighted by molar-refractivity contribution is 0.0772. The van der Waals surface area contributed by atoms with Crippen LogP contribution in [0.4, 0.5) is 5.69 Å². The summed E-state index contributed by atoms with van der Waals surface area (Å²) < 4.78 is 25.8. The van der Waals surface area contributed by atoms with Crippen LogP contribution < -0.4 is 5.32 Å². The molecule has 1 heterocycles. The van der Waals surface area contributed by atoms with Gasteiger partial charge < -0.3 is 10.2 Å². The minimum Gasteiger partial charge on any atom is -0.337 e. The smallest absolute Gasteiger partial charge is 0.257 e. The van der Waals surface area contributed by atoms with Crippen LogP contribution in [-0.4, -0.2) is 68.1 Å². The van der Waals surface area contributed by atoms with E-state index in [1.165, 1.54) is 32.3 Å². The zero-order chi connectivity index (χ0) is 22.8. The molecule has 0 atom stereocenters. The van der Waals surface area contributed by atoms with Crippen molar-refractivity contribution >= 4 is 50.9 Å². The molecule has 2 amide bonds. The summed E-state index contributed by atoms with van der Waals surface area (Å²) in [6.45, 7) is 3.25. The highest BCUT2D eigenvalue weighted by atomic mass is 35.5. The highest BCUT2D eigenvalue weighted by molar-refractivity contribution is 7.99. The third-order valence-electron chi connectivity index (χ3n) is 4.98. The van der Waals surface area contributed by atoms with Crippen LogP contribution in [0.15, 0.2) is 41.3 Å². The third-order valence-corrected chi connectivity index (χ3v) is 8.06. The minimum atomic E-state index is -3.71. The number of carbonyl (C=O) groups excluding carboxylic acids is 2. The number of carbonyl (C=O) groups is 2. The molecule has 1 saturated heterocycles. The molecule has 2 aromatic carbocycles. The fourth-order valence-corrected chi connectivity index (χ4v) is 5.16. The molecule has 0 radical (unpaired) electrons. The molecular formula is C21H24ClN3O4S2. The Hall–Kier alpha value is -2.07. The van der Waals surface area contributed by atoms with Crippen molar-refractivity contribution in [2.45, 2.75) is 11.8 Å². The predicted octanol–water partition coefficient (Wildman–Crippen LogP) is 3.34. The van der Waals surface area contributed by atoms with Crippen LogP contribution >= 0.6 is 23.4 Å². The highest BCUT2D eigenvalue weighted by Gasteiger charge is 2.22. The molecule has 0 aromatic heterocycles. The van der Waals surface area contributed by atoms with Crippen LogP contribution in [0.3, 0.4) is 0 Å². The Bertz CT molecular complexity index is 1110. The molecular weight excluding hydrogens is 458 g/mol. The molecule has 0 bridgehead atoms. The van der Waals surface area contributed by atoms with Gasteiger partial charge in [-0.3, -0.25) is 9.59 Å². The van der Waals surface area contributed by atoms with Crippen molar-refractivity contribution in [1.82, 2.24) is 9.21 Å². The Morgan fingerprint density at radius 3 is 2.39 bits per heavy atom. The summed E-state index contributed by atoms with van der Waals surface area (Å²) in [7, 11) is -0.875. The van der Waals surface area contributed by atoms with Gasteiger partial charge >= 0.3 is 0 Å². The number of hydrogen-bond donors (Lipinski definition) is 1. The number of sulfonamides is 1. The predicted molar refractivity (Wildman–Crippen MR) is 125 cm³/mol. The van der Waals surface area contributed by atoms with Crippen molar-refractivity contribution in [1.29, 1.82) is 0 Å². The number of anilines is 1. The number of thioether (sulfide) groups is 1. The van der Waals surface area contributed by atoms with Gasteiger partial charge in [0, 0.05) is 49.9 Å². The minimum absolute atomic E-state index is 0.0223. The van der Waals surface area contributed by atoms with Crippen molar-refractivity contribution in [3.05, 3.63) is 58.1 Å². The SMILES string of the molecule is Cc1cc(C(=O)N2CCSCC2)ccc1NC(=O)c1cc(S(=O)(=O)N(C)C)ccc1Cl. The second kappa shape index (κ2) is 9.60. The summed E-state index contributed by atoms with van der Waals surface area (Å²) in [6.07, 6.45) is 0. The molecule has 2 aromatic rings. The second-order valence-corrected chi connectivity index (χ2v) is 11.1. The van der Waals surface area contributed by atoms with E-state index in [0.717, 1.165) is 34.5 Å². The average molecular weight is 482 g/mol. The molecule has 0 aliphatic carbocycles. The van der Waals surface area contributed by atoms with E-state index in [1.807, 2.05) is 16.7 Å². The molecule has 166 valence electrons. The fourth-order valence-electron chi connectivity index (χ4n) is 3.13. The Balaban J connectivity index is 1.81. The van der Waals surface area contributed by atoms with Gasteiger partial charge in [-0.2, -0.15) is 11.8 Å². The summed E-state index contributed by atoms with van der Waals surface area (Å²) in [5.41, 5.74) is 1.86. The van der Waals surface area contributed by atoms with Gasteiger partial charge in [-0.1, -0.05) is 11.6 Å². The molecule has 0 saturated carbocycles. The number of amides is 2. The van der Waals surface area contributed by atoms with Crippen molar-refractivity contribution in [3.8, 4) is 0 Å². The van der Waals surface area contributed by atoms with E-state index in [4.69, 9.17) is 11.6 Å². The van der Waals surface area contributed by atoms with Crippen LogP contribution in [-0.2, 0) is 10.0 Å². The molecule has 10 heteroatoms. The molecule has 7 nitrogen and oxygen atoms in total. The average Bonchev–Trinajstić information content (AvgIpc) is 2.75. The van der Waals surface area contributed by atoms with Crippen LogP contribution in [0.25, 0.3) is 0 Å².